The molecule has 0 heterocycles. The summed E-state index contributed by atoms with van der Waals surface area (Å²) in [7, 11) is 0. The topological polar surface area (TPSA) is 55.2 Å². The van der Waals surface area contributed by atoms with Gasteiger partial charge >= 0.3 is 5.69 Å². The summed E-state index contributed by atoms with van der Waals surface area (Å²) in [5.74, 6) is -2.01. The van der Waals surface area contributed by atoms with E-state index in [1.807, 2.05) is 13.2 Å². The second-order valence-electron chi connectivity index (χ2n) is 3.47. The lowest BCUT2D eigenvalue weighted by atomic mass is 10.2. The average Bonchev–Trinajstić information content (AvgIpc) is 2.24. The van der Waals surface area contributed by atoms with E-state index in [1.165, 1.54) is 0 Å². The highest BCUT2D eigenvalue weighted by atomic mass is 32.2. The number of nitrogens with zero attached hydrogens (tertiary/aromatic N) is 1. The fourth-order valence-electron chi connectivity index (χ4n) is 1.22. The van der Waals surface area contributed by atoms with Crippen LogP contribution in [0.15, 0.2) is 12.1 Å². The van der Waals surface area contributed by atoms with Crippen LogP contribution in [0.1, 0.15) is 6.92 Å². The second kappa shape index (κ2) is 5.81. The molecule has 1 N–H and O–H groups in total. The number of thioether (sulfide) groups is 1. The zero-order valence-electron chi connectivity index (χ0n) is 9.37. The molecule has 4 nitrogen and oxygen atoms in total. The van der Waals surface area contributed by atoms with Gasteiger partial charge in [0.1, 0.15) is 11.5 Å². The molecular weight excluding hydrogens is 250 g/mol. The van der Waals surface area contributed by atoms with Crippen LogP contribution >= 0.6 is 11.8 Å². The zero-order chi connectivity index (χ0) is 13.0. The minimum Gasteiger partial charge on any atom is -0.378 e. The minimum atomic E-state index is -1.17. The average molecular weight is 262 g/mol. The molecule has 17 heavy (non-hydrogen) atoms. The van der Waals surface area contributed by atoms with Crippen LogP contribution < -0.4 is 5.32 Å². The predicted molar refractivity (Wildman–Crippen MR) is 64.5 cm³/mol. The van der Waals surface area contributed by atoms with Gasteiger partial charge in [-0.3, -0.25) is 10.1 Å². The first-order valence-corrected chi connectivity index (χ1v) is 6.14. The quantitative estimate of drug-likeness (QED) is 0.654. The molecule has 7 heteroatoms. The number of hydrogen-bond donors (Lipinski definition) is 1. The van der Waals surface area contributed by atoms with Crippen LogP contribution in [0.5, 0.6) is 0 Å². The van der Waals surface area contributed by atoms with Crippen molar-refractivity contribution in [1.29, 1.82) is 0 Å². The van der Waals surface area contributed by atoms with E-state index in [-0.39, 0.29) is 10.9 Å². The fraction of sp³-hybridized carbons (Fsp3) is 0.400. The Hall–Kier alpha value is -1.37. The molecule has 0 amide bonds. The van der Waals surface area contributed by atoms with Crippen LogP contribution in [-0.2, 0) is 0 Å². The van der Waals surface area contributed by atoms with E-state index in [0.29, 0.717) is 12.6 Å². The molecule has 1 atom stereocenters. The molecule has 0 radical (unpaired) electrons. The van der Waals surface area contributed by atoms with E-state index in [1.54, 1.807) is 11.8 Å². The first-order valence-electron chi connectivity index (χ1n) is 4.85. The molecule has 1 aromatic rings. The third kappa shape index (κ3) is 3.55. The fourth-order valence-corrected chi connectivity index (χ4v) is 1.47. The van der Waals surface area contributed by atoms with Gasteiger partial charge in [-0.15, -0.1) is 0 Å². The number of benzene rings is 1. The lowest BCUT2D eigenvalue weighted by molar-refractivity contribution is -0.386. The lowest BCUT2D eigenvalue weighted by Gasteiger charge is -2.11. The van der Waals surface area contributed by atoms with Gasteiger partial charge in [-0.1, -0.05) is 6.92 Å². The van der Waals surface area contributed by atoms with Crippen molar-refractivity contribution >= 4 is 23.1 Å². The van der Waals surface area contributed by atoms with Crippen molar-refractivity contribution in [2.75, 3.05) is 18.1 Å². The van der Waals surface area contributed by atoms with Crippen molar-refractivity contribution in [1.82, 2.24) is 0 Å². The Labute approximate surface area is 102 Å². The Kier molecular flexibility index (Phi) is 4.68. The van der Waals surface area contributed by atoms with Gasteiger partial charge < -0.3 is 5.32 Å². The SMILES string of the molecule is CSC(C)CNc1cc(F)cc(F)c1[N+](=O)[O-]. The highest BCUT2D eigenvalue weighted by Crippen LogP contribution is 2.29. The Morgan fingerprint density at radius 2 is 2.18 bits per heavy atom. The van der Waals surface area contributed by atoms with E-state index >= 15 is 0 Å². The Bertz CT molecular complexity index is 429. The van der Waals surface area contributed by atoms with Crippen LogP contribution in [0.4, 0.5) is 20.2 Å². The molecule has 0 aliphatic carbocycles. The van der Waals surface area contributed by atoms with Gasteiger partial charge in [0.05, 0.1) is 4.92 Å². The maximum Gasteiger partial charge on any atom is 0.327 e. The van der Waals surface area contributed by atoms with E-state index in [2.05, 4.69) is 5.32 Å². The number of nitrogens with one attached hydrogen (secondary N) is 1. The summed E-state index contributed by atoms with van der Waals surface area (Å²) >= 11 is 1.55. The van der Waals surface area contributed by atoms with Gasteiger partial charge in [-0.2, -0.15) is 16.2 Å². The van der Waals surface area contributed by atoms with Crippen LogP contribution in [0.2, 0.25) is 0 Å². The summed E-state index contributed by atoms with van der Waals surface area (Å²) in [5.41, 5.74) is -0.854. The smallest absolute Gasteiger partial charge is 0.327 e. The summed E-state index contributed by atoms with van der Waals surface area (Å²) in [4.78, 5) is 9.81. The van der Waals surface area contributed by atoms with E-state index in [4.69, 9.17) is 0 Å². The first kappa shape index (κ1) is 13.7. The van der Waals surface area contributed by atoms with E-state index in [0.717, 1.165) is 6.07 Å². The number of halogens is 2. The normalized spacial score (nSPS) is 12.2. The monoisotopic (exact) mass is 262 g/mol. The van der Waals surface area contributed by atoms with Gasteiger partial charge in [0.25, 0.3) is 0 Å². The van der Waals surface area contributed by atoms with Crippen molar-refractivity contribution in [3.05, 3.63) is 33.9 Å². The standard InChI is InChI=1S/C10H12F2N2O2S/c1-6(17-2)5-13-9-4-7(11)3-8(12)10(9)14(15)16/h3-4,6,13H,5H2,1-2H3. The summed E-state index contributed by atoms with van der Waals surface area (Å²) < 4.78 is 26.2. The number of hydrogen-bond acceptors (Lipinski definition) is 4. The van der Waals surface area contributed by atoms with Crippen LogP contribution in [0, 0.1) is 21.7 Å². The Balaban J connectivity index is 3.00. The predicted octanol–water partition coefficient (Wildman–Crippen LogP) is 3.04. The zero-order valence-corrected chi connectivity index (χ0v) is 10.2. The summed E-state index contributed by atoms with van der Waals surface area (Å²) in [5, 5.41) is 13.5. The maximum atomic E-state index is 13.2. The third-order valence-corrected chi connectivity index (χ3v) is 3.16. The summed E-state index contributed by atoms with van der Waals surface area (Å²) in [6.45, 7) is 2.30. The molecule has 0 spiro atoms. The number of anilines is 1. The molecule has 0 saturated heterocycles. The van der Waals surface area contributed by atoms with Crippen molar-refractivity contribution in [2.24, 2.45) is 0 Å². The van der Waals surface area contributed by atoms with Gasteiger partial charge in [-0.05, 0) is 6.26 Å². The summed E-state index contributed by atoms with van der Waals surface area (Å²) in [6.07, 6.45) is 1.88. The van der Waals surface area contributed by atoms with Gasteiger partial charge in [0, 0.05) is 23.9 Å². The van der Waals surface area contributed by atoms with E-state index < -0.39 is 22.2 Å². The highest BCUT2D eigenvalue weighted by Gasteiger charge is 2.22. The van der Waals surface area contributed by atoms with Crippen molar-refractivity contribution in [3.8, 4) is 0 Å². The second-order valence-corrected chi connectivity index (χ2v) is 4.74. The van der Waals surface area contributed by atoms with Crippen LogP contribution in [0.25, 0.3) is 0 Å². The molecule has 0 bridgehead atoms. The van der Waals surface area contributed by atoms with Gasteiger partial charge in [0.2, 0.25) is 5.82 Å². The van der Waals surface area contributed by atoms with Crippen molar-refractivity contribution < 1.29 is 13.7 Å². The van der Waals surface area contributed by atoms with Crippen LogP contribution in [-0.4, -0.2) is 23.0 Å². The first-order chi connectivity index (χ1) is 7.95. The lowest BCUT2D eigenvalue weighted by Crippen LogP contribution is -2.14. The highest BCUT2D eigenvalue weighted by molar-refractivity contribution is 7.99. The third-order valence-electron chi connectivity index (χ3n) is 2.19. The largest absolute Gasteiger partial charge is 0.378 e. The molecule has 1 aromatic carbocycles. The number of nitro benzene ring substituents is 1. The minimum absolute atomic E-state index is 0.131. The molecule has 0 aliphatic rings. The van der Waals surface area contributed by atoms with Crippen LogP contribution in [0.3, 0.4) is 0 Å². The number of nitro groups is 1. The molecule has 0 saturated carbocycles. The molecule has 0 aromatic heterocycles. The number of rotatable bonds is 5. The maximum absolute atomic E-state index is 13.2. The summed E-state index contributed by atoms with van der Waals surface area (Å²) in [6, 6.07) is 1.43. The van der Waals surface area contributed by atoms with Crippen molar-refractivity contribution in [3.63, 3.8) is 0 Å². The molecule has 1 rings (SSSR count). The molecular formula is C10H12F2N2O2S. The molecule has 1 unspecified atom stereocenters. The van der Waals surface area contributed by atoms with Gasteiger partial charge in [0.15, 0.2) is 0 Å². The van der Waals surface area contributed by atoms with Crippen molar-refractivity contribution in [2.45, 2.75) is 12.2 Å². The molecule has 0 fully saturated rings. The Morgan fingerprint density at radius 3 is 2.71 bits per heavy atom. The van der Waals surface area contributed by atoms with Gasteiger partial charge in [-0.25, -0.2) is 4.39 Å². The molecule has 94 valence electrons. The Morgan fingerprint density at radius 1 is 1.53 bits per heavy atom. The van der Waals surface area contributed by atoms with E-state index in [9.17, 15) is 18.9 Å². The molecule has 0 aliphatic heterocycles.